The predicted octanol–water partition coefficient (Wildman–Crippen LogP) is -0.986. The molecule has 2 amide bonds. The van der Waals surface area contributed by atoms with Crippen molar-refractivity contribution in [3.63, 3.8) is 0 Å². The molecule has 33 heavy (non-hydrogen) atoms. The number of Topliss-reactive ketones (excluding diaryl/α,β-unsaturated/α-hetero) is 1. The second-order valence-electron chi connectivity index (χ2n) is 8.60. The number of rotatable bonds is 5. The molecule has 9 heteroatoms. The molecule has 0 saturated carbocycles. The fraction of sp³-hybridized carbons (Fsp3) is 0.375. The van der Waals surface area contributed by atoms with Gasteiger partial charge in [-0.05, 0) is 30.9 Å². The zero-order chi connectivity index (χ0) is 23.3. The summed E-state index contributed by atoms with van der Waals surface area (Å²) in [6.45, 7) is 5.15. The average Bonchev–Trinajstić information content (AvgIpc) is 3.43. The third-order valence-corrected chi connectivity index (χ3v) is 6.78. The summed E-state index contributed by atoms with van der Waals surface area (Å²) in [6, 6.07) is 10.0. The molecule has 1 unspecified atom stereocenters. The van der Waals surface area contributed by atoms with E-state index in [1.807, 2.05) is 0 Å². The number of carbonyl (C=O) groups excluding carboxylic acids is 3. The number of morpholine rings is 1. The molecule has 1 aromatic carbocycles. The van der Waals surface area contributed by atoms with Gasteiger partial charge in [-0.15, -0.1) is 0 Å². The molecular weight excluding hydrogens is 426 g/mol. The first-order valence-corrected chi connectivity index (χ1v) is 11.0. The predicted molar refractivity (Wildman–Crippen MR) is 114 cm³/mol. The molecule has 4 heterocycles. The van der Waals surface area contributed by atoms with E-state index in [9.17, 15) is 19.5 Å². The number of likely N-dealkylation sites (N-methyl/N-ethyl adjacent to an activating group) is 1. The molecule has 3 aliphatic rings. The van der Waals surface area contributed by atoms with Gasteiger partial charge in [-0.25, -0.2) is 0 Å². The van der Waals surface area contributed by atoms with Crippen molar-refractivity contribution in [2.45, 2.75) is 12.5 Å². The van der Waals surface area contributed by atoms with Crippen LogP contribution in [0.4, 0.5) is 5.69 Å². The Morgan fingerprint density at radius 1 is 1.15 bits per heavy atom. The van der Waals surface area contributed by atoms with Gasteiger partial charge in [0.25, 0.3) is 5.91 Å². The quantitative estimate of drug-likeness (QED) is 0.586. The Morgan fingerprint density at radius 2 is 1.88 bits per heavy atom. The molecule has 3 aliphatic heterocycles. The van der Waals surface area contributed by atoms with E-state index in [0.29, 0.717) is 36.8 Å². The summed E-state index contributed by atoms with van der Waals surface area (Å²) in [4.78, 5) is 44.7. The first kappa shape index (κ1) is 21.4. The maximum atomic E-state index is 13.8. The van der Waals surface area contributed by atoms with E-state index in [1.54, 1.807) is 44.3 Å². The number of quaternary nitrogens is 1. The monoisotopic (exact) mass is 451 g/mol. The van der Waals surface area contributed by atoms with Crippen LogP contribution in [0.3, 0.4) is 0 Å². The number of benzene rings is 1. The zero-order valence-corrected chi connectivity index (χ0v) is 18.6. The van der Waals surface area contributed by atoms with Crippen molar-refractivity contribution >= 4 is 23.3 Å². The van der Waals surface area contributed by atoms with Crippen molar-refractivity contribution in [2.75, 3.05) is 51.3 Å². The first-order chi connectivity index (χ1) is 15.9. The van der Waals surface area contributed by atoms with Crippen molar-refractivity contribution in [1.29, 1.82) is 0 Å². The fourth-order valence-corrected chi connectivity index (χ4v) is 5.12. The van der Waals surface area contributed by atoms with Crippen LogP contribution in [0.2, 0.25) is 0 Å². The lowest BCUT2D eigenvalue weighted by Gasteiger charge is -2.37. The van der Waals surface area contributed by atoms with Crippen LogP contribution in [-0.2, 0) is 19.9 Å². The SMILES string of the molecule is Cc1ccc(C(=O)C2=C([O-])C(=O)N(CC[NH+]3CCOCC3)C23C(=O)N(C)c2ccccc23)o1. The Morgan fingerprint density at radius 3 is 2.58 bits per heavy atom. The van der Waals surface area contributed by atoms with E-state index in [4.69, 9.17) is 9.15 Å². The molecule has 0 aliphatic carbocycles. The van der Waals surface area contributed by atoms with E-state index in [1.165, 1.54) is 20.8 Å². The van der Waals surface area contributed by atoms with Crippen LogP contribution in [-0.4, -0.2) is 68.9 Å². The summed E-state index contributed by atoms with van der Waals surface area (Å²) in [5.41, 5.74) is -1.14. The zero-order valence-electron chi connectivity index (χ0n) is 18.6. The van der Waals surface area contributed by atoms with Crippen LogP contribution in [0.5, 0.6) is 0 Å². The van der Waals surface area contributed by atoms with Crippen LogP contribution >= 0.6 is 0 Å². The van der Waals surface area contributed by atoms with Gasteiger partial charge in [0.05, 0.1) is 26.3 Å². The highest BCUT2D eigenvalue weighted by Crippen LogP contribution is 2.52. The third-order valence-electron chi connectivity index (χ3n) is 6.78. The number of hydrogen-bond donors (Lipinski definition) is 1. The smallest absolute Gasteiger partial charge is 0.262 e. The fourth-order valence-electron chi connectivity index (χ4n) is 5.12. The number of furan rings is 1. The highest BCUT2D eigenvalue weighted by Gasteiger charge is 2.63. The molecule has 9 nitrogen and oxygen atoms in total. The van der Waals surface area contributed by atoms with Gasteiger partial charge in [0.15, 0.2) is 11.3 Å². The Balaban J connectivity index is 1.64. The van der Waals surface area contributed by atoms with Crippen LogP contribution in [0, 0.1) is 6.92 Å². The summed E-state index contributed by atoms with van der Waals surface area (Å²) in [5, 5.41) is 13.3. The van der Waals surface area contributed by atoms with E-state index in [0.717, 1.165) is 13.1 Å². The van der Waals surface area contributed by atoms with Crippen molar-refractivity contribution in [3.05, 3.63) is 64.8 Å². The molecule has 0 bridgehead atoms. The van der Waals surface area contributed by atoms with Gasteiger partial charge in [-0.2, -0.15) is 0 Å². The van der Waals surface area contributed by atoms with Crippen LogP contribution in [0.15, 0.2) is 52.1 Å². The molecule has 5 rings (SSSR count). The highest BCUT2D eigenvalue weighted by molar-refractivity contribution is 6.25. The van der Waals surface area contributed by atoms with Crippen molar-refractivity contribution in [2.24, 2.45) is 0 Å². The molecule has 1 spiro atoms. The van der Waals surface area contributed by atoms with Crippen LogP contribution in [0.25, 0.3) is 0 Å². The molecule has 1 atom stereocenters. The van der Waals surface area contributed by atoms with E-state index in [-0.39, 0.29) is 17.9 Å². The van der Waals surface area contributed by atoms with Crippen LogP contribution < -0.4 is 14.9 Å². The van der Waals surface area contributed by atoms with Gasteiger partial charge in [0, 0.05) is 23.9 Å². The molecule has 1 aromatic heterocycles. The summed E-state index contributed by atoms with van der Waals surface area (Å²) < 4.78 is 10.9. The summed E-state index contributed by atoms with van der Waals surface area (Å²) in [6.07, 6.45) is 0. The molecular formula is C24H25N3O6. The number of anilines is 1. The number of aryl methyl sites for hydroxylation is 1. The van der Waals surface area contributed by atoms with E-state index >= 15 is 0 Å². The highest BCUT2D eigenvalue weighted by atomic mass is 16.5. The molecule has 2 aromatic rings. The number of para-hydroxylation sites is 1. The number of fused-ring (bicyclic) bond motifs is 2. The second-order valence-corrected chi connectivity index (χ2v) is 8.60. The Labute approximate surface area is 190 Å². The molecule has 1 saturated heterocycles. The van der Waals surface area contributed by atoms with Crippen LogP contribution in [0.1, 0.15) is 21.9 Å². The van der Waals surface area contributed by atoms with Crippen molar-refractivity contribution in [1.82, 2.24) is 4.90 Å². The minimum Gasteiger partial charge on any atom is -0.868 e. The number of amides is 2. The normalized spacial score (nSPS) is 23.2. The first-order valence-electron chi connectivity index (χ1n) is 11.0. The maximum absolute atomic E-state index is 13.8. The summed E-state index contributed by atoms with van der Waals surface area (Å²) in [5.74, 6) is -2.60. The number of carbonyl (C=O) groups is 3. The van der Waals surface area contributed by atoms with Gasteiger partial charge >= 0.3 is 0 Å². The summed E-state index contributed by atoms with van der Waals surface area (Å²) >= 11 is 0. The maximum Gasteiger partial charge on any atom is 0.262 e. The Hall–Kier alpha value is -3.43. The minimum absolute atomic E-state index is 0.0662. The topological polar surface area (TPSA) is 108 Å². The number of ketones is 1. The summed E-state index contributed by atoms with van der Waals surface area (Å²) in [7, 11) is 1.59. The minimum atomic E-state index is -1.80. The van der Waals surface area contributed by atoms with Gasteiger partial charge in [-0.1, -0.05) is 18.2 Å². The number of hydrogen-bond acceptors (Lipinski definition) is 6. The standard InChI is InChI=1S/C24H25N3O6/c1-15-7-8-18(33-15)20(28)19-21(29)22(30)27(10-9-26-11-13-32-14-12-26)24(19)16-5-3-4-6-17(16)25(2)23(24)31/h3-8,29H,9-14H2,1-2H3. The van der Waals surface area contributed by atoms with Gasteiger partial charge in [0.2, 0.25) is 11.7 Å². The average molecular weight is 451 g/mol. The van der Waals surface area contributed by atoms with Gasteiger partial charge in [-0.3, -0.25) is 14.4 Å². The van der Waals surface area contributed by atoms with Gasteiger partial charge < -0.3 is 29.0 Å². The number of nitrogens with zero attached hydrogens (tertiary/aromatic N) is 2. The van der Waals surface area contributed by atoms with Crippen molar-refractivity contribution < 1.29 is 33.5 Å². The Kier molecular flexibility index (Phi) is 5.10. The van der Waals surface area contributed by atoms with Crippen molar-refractivity contribution in [3.8, 4) is 0 Å². The van der Waals surface area contributed by atoms with Gasteiger partial charge in [0.1, 0.15) is 18.8 Å². The largest absolute Gasteiger partial charge is 0.868 e. The Bertz CT molecular complexity index is 1180. The van der Waals surface area contributed by atoms with E-state index < -0.39 is 28.9 Å². The number of nitrogens with one attached hydrogen (secondary N) is 1. The van der Waals surface area contributed by atoms with E-state index in [2.05, 4.69) is 0 Å². The lowest BCUT2D eigenvalue weighted by molar-refractivity contribution is -0.907. The second kappa shape index (κ2) is 7.86. The molecule has 1 N–H and O–H groups in total. The lowest BCUT2D eigenvalue weighted by atomic mass is 9.81. The molecule has 172 valence electrons. The third kappa shape index (κ3) is 3.03. The molecule has 1 fully saturated rings. The lowest BCUT2D eigenvalue weighted by Crippen LogP contribution is -3.14. The number of ether oxygens (including phenoxy) is 1. The molecule has 0 radical (unpaired) electrons.